The van der Waals surface area contributed by atoms with Crippen LogP contribution in [0.5, 0.6) is 0 Å². The standard InChI is InChI=1S/C14H26N2O4/c1-10(2)13(18)15-12-7-11(5-4-6-17)8-16(9-12)14(19)20-3/h10-12,17H,4-9H2,1-3H3,(H,15,18). The quantitative estimate of drug-likeness (QED) is 0.790. The summed E-state index contributed by atoms with van der Waals surface area (Å²) in [5, 5.41) is 11.9. The van der Waals surface area contributed by atoms with Crippen molar-refractivity contribution in [3.05, 3.63) is 0 Å². The first-order chi connectivity index (χ1) is 9.47. The number of carbonyl (C=O) groups excluding carboxylic acids is 2. The van der Waals surface area contributed by atoms with Crippen molar-refractivity contribution >= 4 is 12.0 Å². The summed E-state index contributed by atoms with van der Waals surface area (Å²) in [7, 11) is 1.36. The molecule has 1 aliphatic heterocycles. The Morgan fingerprint density at radius 3 is 2.65 bits per heavy atom. The number of amides is 2. The molecule has 2 unspecified atom stereocenters. The van der Waals surface area contributed by atoms with E-state index in [4.69, 9.17) is 9.84 Å². The zero-order valence-corrected chi connectivity index (χ0v) is 12.6. The highest BCUT2D eigenvalue weighted by Crippen LogP contribution is 2.22. The number of rotatable bonds is 5. The van der Waals surface area contributed by atoms with Gasteiger partial charge in [-0.05, 0) is 25.2 Å². The minimum absolute atomic E-state index is 0.00243. The number of methoxy groups -OCH3 is 1. The van der Waals surface area contributed by atoms with E-state index in [9.17, 15) is 9.59 Å². The van der Waals surface area contributed by atoms with Crippen molar-refractivity contribution in [2.75, 3.05) is 26.8 Å². The number of carbonyl (C=O) groups is 2. The number of nitrogens with zero attached hydrogens (tertiary/aromatic N) is 1. The van der Waals surface area contributed by atoms with Crippen LogP contribution in [0.25, 0.3) is 0 Å². The van der Waals surface area contributed by atoms with Crippen LogP contribution in [0.4, 0.5) is 4.79 Å². The van der Waals surface area contributed by atoms with Crippen molar-refractivity contribution in [2.24, 2.45) is 11.8 Å². The predicted molar refractivity (Wildman–Crippen MR) is 75.2 cm³/mol. The Labute approximate surface area is 120 Å². The smallest absolute Gasteiger partial charge is 0.409 e. The maximum Gasteiger partial charge on any atom is 0.409 e. The van der Waals surface area contributed by atoms with Gasteiger partial charge in [0.1, 0.15) is 0 Å². The molecule has 2 N–H and O–H groups in total. The Morgan fingerprint density at radius 2 is 2.10 bits per heavy atom. The summed E-state index contributed by atoms with van der Waals surface area (Å²) >= 11 is 0. The summed E-state index contributed by atoms with van der Waals surface area (Å²) in [6.07, 6.45) is 2.04. The van der Waals surface area contributed by atoms with Crippen molar-refractivity contribution in [2.45, 2.75) is 39.2 Å². The van der Waals surface area contributed by atoms with Crippen LogP contribution in [0, 0.1) is 11.8 Å². The third kappa shape index (κ3) is 5.00. The van der Waals surface area contributed by atoms with Crippen LogP contribution in [0.15, 0.2) is 0 Å². The second kappa shape index (κ2) is 8.09. The van der Waals surface area contributed by atoms with Crippen molar-refractivity contribution < 1.29 is 19.4 Å². The normalized spacial score (nSPS) is 22.8. The first-order valence-corrected chi connectivity index (χ1v) is 7.22. The highest BCUT2D eigenvalue weighted by atomic mass is 16.5. The molecule has 6 nitrogen and oxygen atoms in total. The number of nitrogens with one attached hydrogen (secondary N) is 1. The van der Waals surface area contributed by atoms with Gasteiger partial charge >= 0.3 is 6.09 Å². The van der Waals surface area contributed by atoms with E-state index in [1.165, 1.54) is 7.11 Å². The Balaban J connectivity index is 2.63. The van der Waals surface area contributed by atoms with Crippen molar-refractivity contribution in [1.29, 1.82) is 0 Å². The molecule has 0 radical (unpaired) electrons. The zero-order valence-electron chi connectivity index (χ0n) is 12.6. The van der Waals surface area contributed by atoms with Gasteiger partial charge in [0.15, 0.2) is 0 Å². The number of aliphatic hydroxyl groups excluding tert-OH is 1. The first kappa shape index (κ1) is 16.8. The summed E-state index contributed by atoms with van der Waals surface area (Å²) in [5.41, 5.74) is 0. The third-order valence-corrected chi connectivity index (χ3v) is 3.61. The molecule has 116 valence electrons. The molecule has 0 aliphatic carbocycles. The Morgan fingerprint density at radius 1 is 1.40 bits per heavy atom. The van der Waals surface area contributed by atoms with Gasteiger partial charge in [0.2, 0.25) is 5.91 Å². The molecule has 1 rings (SSSR count). The molecular weight excluding hydrogens is 260 g/mol. The lowest BCUT2D eigenvalue weighted by molar-refractivity contribution is -0.125. The first-order valence-electron chi connectivity index (χ1n) is 7.22. The molecule has 0 bridgehead atoms. The molecular formula is C14H26N2O4. The van der Waals surface area contributed by atoms with Gasteiger partial charge in [-0.2, -0.15) is 0 Å². The second-order valence-corrected chi connectivity index (χ2v) is 5.70. The lowest BCUT2D eigenvalue weighted by Gasteiger charge is -2.37. The van der Waals surface area contributed by atoms with Crippen LogP contribution in [-0.2, 0) is 9.53 Å². The molecule has 1 saturated heterocycles. The predicted octanol–water partition coefficient (Wildman–Crippen LogP) is 0.988. The van der Waals surface area contributed by atoms with Crippen LogP contribution >= 0.6 is 0 Å². The van der Waals surface area contributed by atoms with Gasteiger partial charge in [-0.25, -0.2) is 4.79 Å². The summed E-state index contributed by atoms with van der Waals surface area (Å²) in [4.78, 5) is 25.1. The number of hydrogen-bond donors (Lipinski definition) is 2. The summed E-state index contributed by atoms with van der Waals surface area (Å²) < 4.78 is 4.77. The van der Waals surface area contributed by atoms with Crippen LogP contribution in [0.1, 0.15) is 33.1 Å². The molecule has 6 heteroatoms. The largest absolute Gasteiger partial charge is 0.453 e. The molecule has 20 heavy (non-hydrogen) atoms. The van der Waals surface area contributed by atoms with Gasteiger partial charge in [0.05, 0.1) is 7.11 Å². The van der Waals surface area contributed by atoms with E-state index in [0.717, 1.165) is 12.8 Å². The summed E-state index contributed by atoms with van der Waals surface area (Å²) in [5.74, 6) is 0.217. The number of hydrogen-bond acceptors (Lipinski definition) is 4. The molecule has 2 amide bonds. The van der Waals surface area contributed by atoms with Gasteiger partial charge < -0.3 is 20.1 Å². The van der Waals surface area contributed by atoms with Crippen molar-refractivity contribution in [3.8, 4) is 0 Å². The molecule has 1 heterocycles. The van der Waals surface area contributed by atoms with Crippen LogP contribution in [-0.4, -0.2) is 54.9 Å². The fourth-order valence-corrected chi connectivity index (χ4v) is 2.54. The highest BCUT2D eigenvalue weighted by Gasteiger charge is 2.31. The Kier molecular flexibility index (Phi) is 6.78. The zero-order chi connectivity index (χ0) is 15.1. The van der Waals surface area contributed by atoms with Gasteiger partial charge in [-0.1, -0.05) is 13.8 Å². The van der Waals surface area contributed by atoms with Crippen LogP contribution in [0.3, 0.4) is 0 Å². The molecule has 0 saturated carbocycles. The van der Waals surface area contributed by atoms with Gasteiger partial charge in [-0.3, -0.25) is 4.79 Å². The Bertz CT molecular complexity index is 333. The molecule has 0 aromatic carbocycles. The van der Waals surface area contributed by atoms with Crippen molar-refractivity contribution in [1.82, 2.24) is 10.2 Å². The minimum Gasteiger partial charge on any atom is -0.453 e. The molecule has 2 atom stereocenters. The fourth-order valence-electron chi connectivity index (χ4n) is 2.54. The second-order valence-electron chi connectivity index (χ2n) is 5.70. The molecule has 0 aromatic rings. The van der Waals surface area contributed by atoms with E-state index in [-0.39, 0.29) is 36.5 Å². The lowest BCUT2D eigenvalue weighted by Crippen LogP contribution is -2.53. The maximum atomic E-state index is 11.8. The monoisotopic (exact) mass is 286 g/mol. The summed E-state index contributed by atoms with van der Waals surface area (Å²) in [6, 6.07) is -0.0403. The average Bonchev–Trinajstić information content (AvgIpc) is 2.43. The van der Waals surface area contributed by atoms with E-state index in [0.29, 0.717) is 19.5 Å². The number of likely N-dealkylation sites (tertiary alicyclic amines) is 1. The molecule has 1 fully saturated rings. The van der Waals surface area contributed by atoms with E-state index >= 15 is 0 Å². The maximum absolute atomic E-state index is 11.8. The topological polar surface area (TPSA) is 78.9 Å². The third-order valence-electron chi connectivity index (χ3n) is 3.61. The number of piperidine rings is 1. The van der Waals surface area contributed by atoms with E-state index in [2.05, 4.69) is 5.32 Å². The van der Waals surface area contributed by atoms with Crippen molar-refractivity contribution in [3.63, 3.8) is 0 Å². The summed E-state index contributed by atoms with van der Waals surface area (Å²) in [6.45, 7) is 4.96. The minimum atomic E-state index is -0.359. The van der Waals surface area contributed by atoms with E-state index in [1.807, 2.05) is 13.8 Å². The fraction of sp³-hybridized carbons (Fsp3) is 0.857. The van der Waals surface area contributed by atoms with Crippen LogP contribution in [0.2, 0.25) is 0 Å². The van der Waals surface area contributed by atoms with E-state index in [1.54, 1.807) is 4.90 Å². The number of ether oxygens (including phenoxy) is 1. The SMILES string of the molecule is COC(=O)N1CC(CCCO)CC(NC(=O)C(C)C)C1. The van der Waals surface area contributed by atoms with Gasteiger partial charge in [0, 0.05) is 31.7 Å². The van der Waals surface area contributed by atoms with Gasteiger partial charge in [0.25, 0.3) is 0 Å². The lowest BCUT2D eigenvalue weighted by atomic mass is 9.90. The highest BCUT2D eigenvalue weighted by molar-refractivity contribution is 5.78. The Hall–Kier alpha value is -1.30. The van der Waals surface area contributed by atoms with Gasteiger partial charge in [-0.15, -0.1) is 0 Å². The van der Waals surface area contributed by atoms with E-state index < -0.39 is 0 Å². The molecule has 0 aromatic heterocycles. The average molecular weight is 286 g/mol. The number of aliphatic hydroxyl groups is 1. The molecule has 0 spiro atoms. The molecule has 1 aliphatic rings. The van der Waals surface area contributed by atoms with Crippen LogP contribution < -0.4 is 5.32 Å².